The fraction of sp³-hybridized carbons (Fsp3) is 0.409. The Balaban J connectivity index is 1.91. The zero-order chi connectivity index (χ0) is 24.2. The van der Waals surface area contributed by atoms with Crippen LogP contribution in [0, 0.1) is 6.92 Å². The Morgan fingerprint density at radius 2 is 1.64 bits per heavy atom. The molecule has 1 heterocycles. The molecule has 0 unspecified atom stereocenters. The molecule has 2 aromatic rings. The molecule has 1 fully saturated rings. The fourth-order valence-electron chi connectivity index (χ4n) is 3.66. The molecule has 33 heavy (non-hydrogen) atoms. The quantitative estimate of drug-likeness (QED) is 0.608. The van der Waals surface area contributed by atoms with Crippen molar-refractivity contribution in [2.24, 2.45) is 0 Å². The number of carbonyl (C=O) groups excluding carboxylic acids is 1. The molecule has 1 aliphatic heterocycles. The molecule has 2 aromatic carbocycles. The molecular weight excluding hydrogens is 466 g/mol. The second-order valence-corrected chi connectivity index (χ2v) is 11.7. The van der Waals surface area contributed by atoms with Crippen LogP contribution >= 0.6 is 0 Å². The number of nitrogens with one attached hydrogen (secondary N) is 2. The van der Waals surface area contributed by atoms with Gasteiger partial charge in [-0.15, -0.1) is 0 Å². The zero-order valence-electron chi connectivity index (χ0n) is 18.9. The number of ether oxygens (including phenoxy) is 1. The Bertz CT molecular complexity index is 1230. The Morgan fingerprint density at radius 1 is 0.970 bits per heavy atom. The van der Waals surface area contributed by atoms with Crippen LogP contribution in [0.3, 0.4) is 0 Å². The van der Waals surface area contributed by atoms with Gasteiger partial charge in [0.1, 0.15) is 5.75 Å². The number of sulfonamides is 2. The van der Waals surface area contributed by atoms with Crippen LogP contribution in [-0.2, 0) is 20.0 Å². The number of nitrogens with zero attached hydrogens (tertiary/aromatic N) is 1. The summed E-state index contributed by atoms with van der Waals surface area (Å²) in [5.74, 6) is -0.349. The van der Waals surface area contributed by atoms with Crippen molar-refractivity contribution in [3.8, 4) is 5.75 Å². The van der Waals surface area contributed by atoms with Gasteiger partial charge in [-0.25, -0.2) is 16.8 Å². The molecule has 9 nitrogen and oxygen atoms in total. The van der Waals surface area contributed by atoms with Crippen molar-refractivity contribution in [1.29, 1.82) is 0 Å². The van der Waals surface area contributed by atoms with Gasteiger partial charge in [0.2, 0.25) is 20.0 Å². The van der Waals surface area contributed by atoms with E-state index >= 15 is 0 Å². The first-order valence-electron chi connectivity index (χ1n) is 10.6. The van der Waals surface area contributed by atoms with Crippen LogP contribution in [0.4, 0.5) is 11.4 Å². The highest BCUT2D eigenvalue weighted by Gasteiger charge is 2.27. The van der Waals surface area contributed by atoms with Crippen molar-refractivity contribution in [2.75, 3.05) is 36.5 Å². The maximum absolute atomic E-state index is 13.2. The van der Waals surface area contributed by atoms with Crippen LogP contribution in [0.1, 0.15) is 41.6 Å². The van der Waals surface area contributed by atoms with E-state index in [0.29, 0.717) is 30.0 Å². The van der Waals surface area contributed by atoms with Crippen molar-refractivity contribution >= 4 is 37.3 Å². The number of benzene rings is 2. The van der Waals surface area contributed by atoms with Crippen molar-refractivity contribution in [2.45, 2.75) is 37.5 Å². The second-order valence-electron chi connectivity index (χ2n) is 8.04. The average molecular weight is 496 g/mol. The molecule has 180 valence electrons. The van der Waals surface area contributed by atoms with Gasteiger partial charge in [-0.3, -0.25) is 9.52 Å². The Morgan fingerprint density at radius 3 is 2.24 bits per heavy atom. The maximum atomic E-state index is 13.2. The highest BCUT2D eigenvalue weighted by molar-refractivity contribution is 7.92. The normalized spacial score (nSPS) is 15.5. The molecule has 11 heteroatoms. The molecule has 1 amide bonds. The van der Waals surface area contributed by atoms with Crippen molar-refractivity contribution in [3.63, 3.8) is 0 Å². The molecule has 0 spiro atoms. The third kappa shape index (κ3) is 6.24. The third-order valence-corrected chi connectivity index (χ3v) is 7.89. The van der Waals surface area contributed by atoms with Gasteiger partial charge < -0.3 is 10.1 Å². The smallest absolute Gasteiger partial charge is 0.259 e. The van der Waals surface area contributed by atoms with Crippen LogP contribution in [0.5, 0.6) is 5.75 Å². The third-order valence-electron chi connectivity index (χ3n) is 5.41. The summed E-state index contributed by atoms with van der Waals surface area (Å²) in [7, 11) is -5.85. The predicted molar refractivity (Wildman–Crippen MR) is 128 cm³/mol. The van der Waals surface area contributed by atoms with Gasteiger partial charge in [0, 0.05) is 18.8 Å². The number of carbonyl (C=O) groups is 1. The standard InChI is InChI=1S/C22H29N3O6S2/c1-16-8-9-17(14-20(16)24-32(3,27)28)23-22(26)19-15-18(10-11-21(19)31-2)33(29,30)25-12-6-4-5-7-13-25/h8-11,14-15,24H,4-7,12-13H2,1-3H3,(H,23,26). The number of methoxy groups -OCH3 is 1. The van der Waals surface area contributed by atoms with E-state index in [0.717, 1.165) is 31.9 Å². The summed E-state index contributed by atoms with van der Waals surface area (Å²) in [6, 6.07) is 9.02. The van der Waals surface area contributed by atoms with E-state index in [1.165, 1.54) is 35.7 Å². The first kappa shape index (κ1) is 25.0. The molecule has 0 saturated carbocycles. The Kier molecular flexibility index (Phi) is 7.65. The van der Waals surface area contributed by atoms with Crippen LogP contribution in [-0.4, -0.2) is 53.5 Å². The van der Waals surface area contributed by atoms with Gasteiger partial charge in [-0.1, -0.05) is 18.9 Å². The topological polar surface area (TPSA) is 122 Å². The lowest BCUT2D eigenvalue weighted by Crippen LogP contribution is -2.32. The molecule has 2 N–H and O–H groups in total. The van der Waals surface area contributed by atoms with E-state index in [2.05, 4.69) is 10.0 Å². The summed E-state index contributed by atoms with van der Waals surface area (Å²) in [4.78, 5) is 13.1. The van der Waals surface area contributed by atoms with E-state index in [9.17, 15) is 21.6 Å². The summed E-state index contributed by atoms with van der Waals surface area (Å²) in [6.07, 6.45) is 4.64. The summed E-state index contributed by atoms with van der Waals surface area (Å²) in [6.45, 7) is 2.64. The van der Waals surface area contributed by atoms with Crippen LogP contribution in [0.15, 0.2) is 41.3 Å². The monoisotopic (exact) mass is 495 g/mol. The van der Waals surface area contributed by atoms with E-state index in [1.807, 2.05) is 0 Å². The van der Waals surface area contributed by atoms with E-state index in [-0.39, 0.29) is 16.2 Å². The Hall–Kier alpha value is -2.63. The lowest BCUT2D eigenvalue weighted by atomic mass is 10.1. The maximum Gasteiger partial charge on any atom is 0.259 e. The number of anilines is 2. The number of hydrogen-bond donors (Lipinski definition) is 2. The minimum atomic E-state index is -3.75. The average Bonchev–Trinajstić information content (AvgIpc) is 3.05. The first-order valence-corrected chi connectivity index (χ1v) is 13.9. The highest BCUT2D eigenvalue weighted by Crippen LogP contribution is 2.28. The summed E-state index contributed by atoms with van der Waals surface area (Å²) < 4.78 is 58.7. The van der Waals surface area contributed by atoms with E-state index in [1.54, 1.807) is 19.1 Å². The van der Waals surface area contributed by atoms with Gasteiger partial charge >= 0.3 is 0 Å². The Labute approximate surface area is 195 Å². The van der Waals surface area contributed by atoms with Crippen LogP contribution in [0.2, 0.25) is 0 Å². The largest absolute Gasteiger partial charge is 0.496 e. The zero-order valence-corrected chi connectivity index (χ0v) is 20.6. The van der Waals surface area contributed by atoms with E-state index < -0.39 is 26.0 Å². The van der Waals surface area contributed by atoms with Crippen molar-refractivity contribution in [3.05, 3.63) is 47.5 Å². The summed E-state index contributed by atoms with van der Waals surface area (Å²) >= 11 is 0. The SMILES string of the molecule is COc1ccc(S(=O)(=O)N2CCCCCC2)cc1C(=O)Nc1ccc(C)c(NS(C)(=O)=O)c1. The van der Waals surface area contributed by atoms with Gasteiger partial charge in [0.25, 0.3) is 5.91 Å². The summed E-state index contributed by atoms with van der Waals surface area (Å²) in [5.41, 5.74) is 1.42. The number of amides is 1. The minimum Gasteiger partial charge on any atom is -0.496 e. The highest BCUT2D eigenvalue weighted by atomic mass is 32.2. The molecule has 0 bridgehead atoms. The van der Waals surface area contributed by atoms with Gasteiger partial charge in [-0.2, -0.15) is 4.31 Å². The van der Waals surface area contributed by atoms with Crippen molar-refractivity contribution < 1.29 is 26.4 Å². The number of rotatable bonds is 7. The molecule has 3 rings (SSSR count). The number of hydrogen-bond acceptors (Lipinski definition) is 6. The van der Waals surface area contributed by atoms with Gasteiger partial charge in [0.05, 0.1) is 29.5 Å². The fourth-order valence-corrected chi connectivity index (χ4v) is 5.83. The van der Waals surface area contributed by atoms with Crippen molar-refractivity contribution in [1.82, 2.24) is 4.31 Å². The lowest BCUT2D eigenvalue weighted by Gasteiger charge is -2.20. The molecule has 0 radical (unpaired) electrons. The summed E-state index contributed by atoms with van der Waals surface area (Å²) in [5, 5.41) is 2.69. The van der Waals surface area contributed by atoms with Gasteiger partial charge in [-0.05, 0) is 55.7 Å². The lowest BCUT2D eigenvalue weighted by molar-refractivity contribution is 0.102. The molecular formula is C22H29N3O6S2. The molecule has 0 aliphatic carbocycles. The predicted octanol–water partition coefficient (Wildman–Crippen LogP) is 3.19. The minimum absolute atomic E-state index is 0.0266. The van der Waals surface area contributed by atoms with Gasteiger partial charge in [0.15, 0.2) is 0 Å². The number of aryl methyl sites for hydroxylation is 1. The molecule has 0 aromatic heterocycles. The molecule has 1 aliphatic rings. The van der Waals surface area contributed by atoms with Crippen LogP contribution in [0.25, 0.3) is 0 Å². The van der Waals surface area contributed by atoms with E-state index in [4.69, 9.17) is 4.74 Å². The molecule has 1 saturated heterocycles. The molecule has 0 atom stereocenters. The second kappa shape index (κ2) is 10.1. The van der Waals surface area contributed by atoms with Crippen LogP contribution < -0.4 is 14.8 Å². The first-order chi connectivity index (χ1) is 15.5.